The topological polar surface area (TPSA) is 72.2 Å². The second-order valence-electron chi connectivity index (χ2n) is 4.68. The van der Waals surface area contributed by atoms with E-state index in [0.717, 1.165) is 5.56 Å². The number of sulfonamides is 1. The standard InChI is InChI=1S/C14H14BrClN2O2S/c1-8-4-3-5-12(14(8)15)18-21(19,20)13-7-11(17)10(16)6-9(13)2/h3-7,18H,17H2,1-2H3. The fraction of sp³-hybridized carbons (Fsp3) is 0.143. The number of hydrogen-bond donors (Lipinski definition) is 2. The van der Waals surface area contributed by atoms with Crippen LogP contribution in [0.15, 0.2) is 39.7 Å². The van der Waals surface area contributed by atoms with Crippen molar-refractivity contribution in [3.8, 4) is 0 Å². The first-order valence-electron chi connectivity index (χ1n) is 6.06. The fourth-order valence-electron chi connectivity index (χ4n) is 1.88. The van der Waals surface area contributed by atoms with E-state index in [1.807, 2.05) is 13.0 Å². The zero-order valence-electron chi connectivity index (χ0n) is 11.4. The summed E-state index contributed by atoms with van der Waals surface area (Å²) in [5, 5.41) is 0.336. The fourth-order valence-corrected chi connectivity index (χ4v) is 3.93. The summed E-state index contributed by atoms with van der Waals surface area (Å²) in [6.45, 7) is 3.55. The second kappa shape index (κ2) is 5.87. The smallest absolute Gasteiger partial charge is 0.262 e. The van der Waals surface area contributed by atoms with Crippen molar-refractivity contribution in [2.24, 2.45) is 0 Å². The van der Waals surface area contributed by atoms with Crippen LogP contribution in [0.2, 0.25) is 5.02 Å². The average molecular weight is 390 g/mol. The molecule has 0 bridgehead atoms. The van der Waals surface area contributed by atoms with Crippen LogP contribution in [-0.4, -0.2) is 8.42 Å². The number of nitrogens with two attached hydrogens (primary N) is 1. The predicted molar refractivity (Wildman–Crippen MR) is 90.3 cm³/mol. The number of halogens is 2. The Hall–Kier alpha value is -1.24. The molecule has 0 radical (unpaired) electrons. The minimum atomic E-state index is -3.74. The van der Waals surface area contributed by atoms with Crippen molar-refractivity contribution in [3.05, 3.63) is 51.0 Å². The van der Waals surface area contributed by atoms with Crippen LogP contribution >= 0.6 is 27.5 Å². The Morgan fingerprint density at radius 2 is 1.86 bits per heavy atom. The Kier molecular flexibility index (Phi) is 4.51. The first-order chi connectivity index (χ1) is 9.72. The maximum atomic E-state index is 12.5. The molecular formula is C14H14BrClN2O2S. The van der Waals surface area contributed by atoms with E-state index in [0.29, 0.717) is 20.7 Å². The van der Waals surface area contributed by atoms with Crippen molar-refractivity contribution < 1.29 is 8.42 Å². The highest BCUT2D eigenvalue weighted by molar-refractivity contribution is 9.10. The second-order valence-corrected chi connectivity index (χ2v) is 7.53. The van der Waals surface area contributed by atoms with Crippen molar-refractivity contribution >= 4 is 48.9 Å². The van der Waals surface area contributed by atoms with E-state index < -0.39 is 10.0 Å². The highest BCUT2D eigenvalue weighted by Gasteiger charge is 2.20. The summed E-state index contributed by atoms with van der Waals surface area (Å²) in [6, 6.07) is 8.25. The molecule has 0 aliphatic carbocycles. The molecule has 7 heteroatoms. The summed E-state index contributed by atoms with van der Waals surface area (Å²) < 4.78 is 28.3. The van der Waals surface area contributed by atoms with Crippen molar-refractivity contribution in [1.82, 2.24) is 0 Å². The molecule has 21 heavy (non-hydrogen) atoms. The van der Waals surface area contributed by atoms with Crippen LogP contribution in [0.1, 0.15) is 11.1 Å². The van der Waals surface area contributed by atoms with Crippen LogP contribution in [-0.2, 0) is 10.0 Å². The molecule has 0 saturated carbocycles. The highest BCUT2D eigenvalue weighted by Crippen LogP contribution is 2.31. The molecule has 0 fully saturated rings. The van der Waals surface area contributed by atoms with Crippen LogP contribution in [0.3, 0.4) is 0 Å². The molecule has 0 saturated heterocycles. The monoisotopic (exact) mass is 388 g/mol. The molecule has 0 aliphatic heterocycles. The molecule has 3 N–H and O–H groups in total. The Labute approximate surface area is 137 Å². The van der Waals surface area contributed by atoms with Crippen molar-refractivity contribution in [2.75, 3.05) is 10.5 Å². The summed E-state index contributed by atoms with van der Waals surface area (Å²) in [5.41, 5.74) is 7.87. The third-order valence-corrected chi connectivity index (χ3v) is 5.91. The van der Waals surface area contributed by atoms with Gasteiger partial charge in [0, 0.05) is 4.47 Å². The maximum Gasteiger partial charge on any atom is 0.262 e. The normalized spacial score (nSPS) is 11.4. The van der Waals surface area contributed by atoms with Gasteiger partial charge in [-0.05, 0) is 59.1 Å². The quantitative estimate of drug-likeness (QED) is 0.776. The highest BCUT2D eigenvalue weighted by atomic mass is 79.9. The van der Waals surface area contributed by atoms with E-state index >= 15 is 0 Å². The number of anilines is 2. The summed E-state index contributed by atoms with van der Waals surface area (Å²) in [7, 11) is -3.74. The van der Waals surface area contributed by atoms with Gasteiger partial charge in [0.2, 0.25) is 0 Å². The molecule has 0 heterocycles. The van der Waals surface area contributed by atoms with Gasteiger partial charge in [-0.2, -0.15) is 0 Å². The van der Waals surface area contributed by atoms with Gasteiger partial charge in [0.15, 0.2) is 0 Å². The molecule has 0 amide bonds. The van der Waals surface area contributed by atoms with Gasteiger partial charge < -0.3 is 5.73 Å². The molecule has 0 aromatic heterocycles. The summed E-state index contributed by atoms with van der Waals surface area (Å²) in [4.78, 5) is 0.109. The van der Waals surface area contributed by atoms with Gasteiger partial charge >= 0.3 is 0 Å². The van der Waals surface area contributed by atoms with E-state index in [1.54, 1.807) is 19.1 Å². The number of nitrogens with one attached hydrogen (secondary N) is 1. The SMILES string of the molecule is Cc1cc(Cl)c(N)cc1S(=O)(=O)Nc1cccc(C)c1Br. The summed E-state index contributed by atoms with van der Waals surface area (Å²) in [5.74, 6) is 0. The van der Waals surface area contributed by atoms with E-state index in [1.165, 1.54) is 12.1 Å². The third kappa shape index (κ3) is 3.33. The van der Waals surface area contributed by atoms with E-state index in [-0.39, 0.29) is 10.6 Å². The molecule has 112 valence electrons. The lowest BCUT2D eigenvalue weighted by Gasteiger charge is -2.13. The van der Waals surface area contributed by atoms with E-state index in [2.05, 4.69) is 20.7 Å². The molecule has 2 aromatic carbocycles. The molecule has 0 spiro atoms. The average Bonchev–Trinajstić information content (AvgIpc) is 2.39. The van der Waals surface area contributed by atoms with Crippen molar-refractivity contribution in [3.63, 3.8) is 0 Å². The van der Waals surface area contributed by atoms with Crippen LogP contribution in [0.25, 0.3) is 0 Å². The Bertz CT molecular complexity index is 807. The maximum absolute atomic E-state index is 12.5. The van der Waals surface area contributed by atoms with Gasteiger partial charge in [-0.15, -0.1) is 0 Å². The molecule has 4 nitrogen and oxygen atoms in total. The molecule has 0 atom stereocenters. The molecule has 2 aromatic rings. The van der Waals surface area contributed by atoms with Crippen LogP contribution in [0.4, 0.5) is 11.4 Å². The van der Waals surface area contributed by atoms with Gasteiger partial charge in [-0.1, -0.05) is 23.7 Å². The number of nitrogen functional groups attached to an aromatic ring is 1. The molecular weight excluding hydrogens is 376 g/mol. The van der Waals surface area contributed by atoms with E-state index in [4.69, 9.17) is 17.3 Å². The van der Waals surface area contributed by atoms with Gasteiger partial charge in [0.25, 0.3) is 10.0 Å². The molecule has 0 aliphatic rings. The zero-order chi connectivity index (χ0) is 15.8. The largest absolute Gasteiger partial charge is 0.397 e. The van der Waals surface area contributed by atoms with Gasteiger partial charge in [0.05, 0.1) is 21.3 Å². The third-order valence-electron chi connectivity index (χ3n) is 3.02. The summed E-state index contributed by atoms with van der Waals surface area (Å²) >= 11 is 9.27. The lowest BCUT2D eigenvalue weighted by atomic mass is 10.2. The van der Waals surface area contributed by atoms with Gasteiger partial charge in [-0.25, -0.2) is 8.42 Å². The van der Waals surface area contributed by atoms with Crippen LogP contribution in [0.5, 0.6) is 0 Å². The van der Waals surface area contributed by atoms with Gasteiger partial charge in [-0.3, -0.25) is 4.72 Å². The Morgan fingerprint density at radius 1 is 1.19 bits per heavy atom. The summed E-state index contributed by atoms with van der Waals surface area (Å²) in [6.07, 6.45) is 0. The predicted octanol–water partition coefficient (Wildman–Crippen LogP) is 4.10. The lowest BCUT2D eigenvalue weighted by molar-refractivity contribution is 0.600. The minimum absolute atomic E-state index is 0.109. The lowest BCUT2D eigenvalue weighted by Crippen LogP contribution is -2.15. The number of benzene rings is 2. The zero-order valence-corrected chi connectivity index (χ0v) is 14.6. The van der Waals surface area contributed by atoms with Gasteiger partial charge in [0.1, 0.15) is 0 Å². The Balaban J connectivity index is 2.48. The molecule has 0 unspecified atom stereocenters. The van der Waals surface area contributed by atoms with Crippen LogP contribution < -0.4 is 10.5 Å². The van der Waals surface area contributed by atoms with E-state index in [9.17, 15) is 8.42 Å². The Morgan fingerprint density at radius 3 is 2.52 bits per heavy atom. The van der Waals surface area contributed by atoms with Crippen molar-refractivity contribution in [2.45, 2.75) is 18.7 Å². The molecule has 2 rings (SSSR count). The van der Waals surface area contributed by atoms with Crippen molar-refractivity contribution in [1.29, 1.82) is 0 Å². The first-order valence-corrected chi connectivity index (χ1v) is 8.71. The van der Waals surface area contributed by atoms with Crippen LogP contribution in [0, 0.1) is 13.8 Å². The minimum Gasteiger partial charge on any atom is -0.397 e. The first kappa shape index (κ1) is 16.1. The number of rotatable bonds is 3. The number of hydrogen-bond acceptors (Lipinski definition) is 3. The number of aryl methyl sites for hydroxylation is 2.